The molecular formula is C9H18N2O2. The van der Waals surface area contributed by atoms with Crippen LogP contribution in [0.15, 0.2) is 0 Å². The van der Waals surface area contributed by atoms with Crippen molar-refractivity contribution in [3.05, 3.63) is 0 Å². The molecule has 0 aromatic rings. The first kappa shape index (κ1) is 10.5. The van der Waals surface area contributed by atoms with Gasteiger partial charge in [-0.05, 0) is 12.3 Å². The Labute approximate surface area is 78.7 Å². The molecule has 1 saturated heterocycles. The molecular weight excluding hydrogens is 168 g/mol. The second kappa shape index (κ2) is 4.58. The number of carbonyl (C=O) groups is 1. The van der Waals surface area contributed by atoms with Gasteiger partial charge in [-0.1, -0.05) is 13.3 Å². The van der Waals surface area contributed by atoms with Crippen molar-refractivity contribution in [2.45, 2.75) is 25.8 Å². The Kier molecular flexibility index (Phi) is 3.69. The summed E-state index contributed by atoms with van der Waals surface area (Å²) in [5.41, 5.74) is 5.83. The van der Waals surface area contributed by atoms with E-state index >= 15 is 0 Å². The highest BCUT2D eigenvalue weighted by molar-refractivity contribution is 5.69. The number of carboxylic acids is 1. The Morgan fingerprint density at radius 2 is 2.31 bits per heavy atom. The van der Waals surface area contributed by atoms with E-state index in [9.17, 15) is 4.79 Å². The van der Waals surface area contributed by atoms with Crippen LogP contribution in [0.3, 0.4) is 0 Å². The van der Waals surface area contributed by atoms with Crippen LogP contribution in [0, 0.1) is 5.92 Å². The number of carboxylic acid groups (broad SMARTS) is 1. The van der Waals surface area contributed by atoms with Gasteiger partial charge in [0.15, 0.2) is 0 Å². The fourth-order valence-corrected chi connectivity index (χ4v) is 1.96. The smallest absolute Gasteiger partial charge is 0.317 e. The summed E-state index contributed by atoms with van der Waals surface area (Å²) < 4.78 is 0. The zero-order chi connectivity index (χ0) is 9.84. The highest BCUT2D eigenvalue weighted by Crippen LogP contribution is 2.18. The quantitative estimate of drug-likeness (QED) is 0.657. The lowest BCUT2D eigenvalue weighted by Gasteiger charge is -2.34. The van der Waals surface area contributed by atoms with Crippen LogP contribution in [0.4, 0.5) is 0 Å². The molecule has 4 nitrogen and oxygen atoms in total. The molecule has 1 aliphatic rings. The molecule has 0 aliphatic carbocycles. The van der Waals surface area contributed by atoms with Crippen molar-refractivity contribution in [2.24, 2.45) is 11.7 Å². The van der Waals surface area contributed by atoms with Gasteiger partial charge in [0.2, 0.25) is 0 Å². The Bertz CT molecular complexity index is 184. The van der Waals surface area contributed by atoms with Crippen LogP contribution in [0.5, 0.6) is 0 Å². The lowest BCUT2D eigenvalue weighted by atomic mass is 9.93. The summed E-state index contributed by atoms with van der Waals surface area (Å²) in [4.78, 5) is 12.4. The second-order valence-electron chi connectivity index (χ2n) is 3.86. The molecule has 0 radical (unpaired) electrons. The highest BCUT2D eigenvalue weighted by atomic mass is 16.4. The van der Waals surface area contributed by atoms with Crippen LogP contribution < -0.4 is 5.73 Å². The van der Waals surface area contributed by atoms with Crippen molar-refractivity contribution in [3.8, 4) is 0 Å². The number of nitrogens with two attached hydrogens (primary N) is 1. The number of rotatable bonds is 3. The number of likely N-dealkylation sites (tertiary alicyclic amines) is 1. The maximum absolute atomic E-state index is 10.5. The van der Waals surface area contributed by atoms with E-state index < -0.39 is 5.97 Å². The maximum Gasteiger partial charge on any atom is 0.317 e. The molecule has 1 heterocycles. The van der Waals surface area contributed by atoms with E-state index in [1.165, 1.54) is 0 Å². The number of piperidine rings is 1. The van der Waals surface area contributed by atoms with Crippen molar-refractivity contribution in [3.63, 3.8) is 0 Å². The molecule has 2 atom stereocenters. The summed E-state index contributed by atoms with van der Waals surface area (Å²) in [6.45, 7) is 3.87. The molecule has 13 heavy (non-hydrogen) atoms. The monoisotopic (exact) mass is 186 g/mol. The van der Waals surface area contributed by atoms with Gasteiger partial charge < -0.3 is 10.8 Å². The van der Waals surface area contributed by atoms with Crippen molar-refractivity contribution in [1.82, 2.24) is 4.90 Å². The molecule has 0 bridgehead atoms. The van der Waals surface area contributed by atoms with E-state index in [1.807, 2.05) is 4.90 Å². The van der Waals surface area contributed by atoms with Gasteiger partial charge >= 0.3 is 5.97 Å². The fourth-order valence-electron chi connectivity index (χ4n) is 1.96. The molecule has 2 unspecified atom stereocenters. The summed E-state index contributed by atoms with van der Waals surface area (Å²) in [5, 5.41) is 8.63. The van der Waals surface area contributed by atoms with E-state index in [1.54, 1.807) is 0 Å². The van der Waals surface area contributed by atoms with Gasteiger partial charge in [0.25, 0.3) is 0 Å². The van der Waals surface area contributed by atoms with E-state index in [0.29, 0.717) is 5.92 Å². The zero-order valence-corrected chi connectivity index (χ0v) is 8.07. The predicted molar refractivity (Wildman–Crippen MR) is 50.4 cm³/mol. The zero-order valence-electron chi connectivity index (χ0n) is 8.07. The van der Waals surface area contributed by atoms with Gasteiger partial charge in [0, 0.05) is 19.1 Å². The summed E-state index contributed by atoms with van der Waals surface area (Å²) in [5.74, 6) is -0.188. The Morgan fingerprint density at radius 1 is 1.62 bits per heavy atom. The van der Waals surface area contributed by atoms with Crippen molar-refractivity contribution >= 4 is 5.97 Å². The molecule has 1 rings (SSSR count). The number of aliphatic carboxylic acids is 1. The highest BCUT2D eigenvalue weighted by Gasteiger charge is 2.24. The molecule has 76 valence electrons. The summed E-state index contributed by atoms with van der Waals surface area (Å²) in [7, 11) is 0. The third-order valence-corrected chi connectivity index (χ3v) is 2.58. The molecule has 4 heteroatoms. The number of hydrogen-bond acceptors (Lipinski definition) is 3. The first-order valence-corrected chi connectivity index (χ1v) is 4.81. The average Bonchev–Trinajstić information content (AvgIpc) is 2.01. The molecule has 0 amide bonds. The van der Waals surface area contributed by atoms with Crippen LogP contribution in [0.1, 0.15) is 19.8 Å². The van der Waals surface area contributed by atoms with Gasteiger partial charge in [-0.3, -0.25) is 9.69 Å². The maximum atomic E-state index is 10.5. The van der Waals surface area contributed by atoms with Gasteiger partial charge in [-0.2, -0.15) is 0 Å². The Morgan fingerprint density at radius 3 is 2.85 bits per heavy atom. The normalized spacial score (nSPS) is 30.3. The van der Waals surface area contributed by atoms with Crippen LogP contribution in [-0.4, -0.2) is 41.7 Å². The van der Waals surface area contributed by atoms with Crippen LogP contribution >= 0.6 is 0 Å². The molecule has 0 spiro atoms. The van der Waals surface area contributed by atoms with Crippen molar-refractivity contribution < 1.29 is 9.90 Å². The lowest BCUT2D eigenvalue weighted by molar-refractivity contribution is -0.138. The van der Waals surface area contributed by atoms with Crippen LogP contribution in [-0.2, 0) is 4.79 Å². The van der Waals surface area contributed by atoms with Gasteiger partial charge in [-0.15, -0.1) is 0 Å². The standard InChI is InChI=1S/C9H18N2O2/c1-2-7-3-8(10)5-11(4-7)6-9(12)13/h7-8H,2-6,10H2,1H3,(H,12,13). The average molecular weight is 186 g/mol. The predicted octanol–water partition coefficient (Wildman–Crippen LogP) is 0.130. The molecule has 1 fully saturated rings. The number of hydrogen-bond donors (Lipinski definition) is 2. The first-order valence-electron chi connectivity index (χ1n) is 4.81. The van der Waals surface area contributed by atoms with Crippen molar-refractivity contribution in [2.75, 3.05) is 19.6 Å². The molecule has 3 N–H and O–H groups in total. The van der Waals surface area contributed by atoms with Crippen molar-refractivity contribution in [1.29, 1.82) is 0 Å². The van der Waals surface area contributed by atoms with Crippen LogP contribution in [0.2, 0.25) is 0 Å². The lowest BCUT2D eigenvalue weighted by Crippen LogP contribution is -2.48. The minimum absolute atomic E-state index is 0.129. The Balaban J connectivity index is 2.42. The van der Waals surface area contributed by atoms with E-state index in [0.717, 1.165) is 25.9 Å². The minimum Gasteiger partial charge on any atom is -0.480 e. The SMILES string of the molecule is CCC1CC(N)CN(CC(=O)O)C1. The summed E-state index contributed by atoms with van der Waals surface area (Å²) in [6, 6.07) is 0.151. The van der Waals surface area contributed by atoms with E-state index in [2.05, 4.69) is 6.92 Å². The van der Waals surface area contributed by atoms with Gasteiger partial charge in [0.1, 0.15) is 0 Å². The molecule has 1 aliphatic heterocycles. The summed E-state index contributed by atoms with van der Waals surface area (Å²) >= 11 is 0. The molecule has 0 aromatic carbocycles. The first-order chi connectivity index (χ1) is 6.11. The van der Waals surface area contributed by atoms with Crippen LogP contribution in [0.25, 0.3) is 0 Å². The van der Waals surface area contributed by atoms with E-state index in [-0.39, 0.29) is 12.6 Å². The van der Waals surface area contributed by atoms with E-state index in [4.69, 9.17) is 10.8 Å². The summed E-state index contributed by atoms with van der Waals surface area (Å²) in [6.07, 6.45) is 2.12. The van der Waals surface area contributed by atoms with Gasteiger partial charge in [0.05, 0.1) is 6.54 Å². The third kappa shape index (κ3) is 3.32. The molecule has 0 saturated carbocycles. The second-order valence-corrected chi connectivity index (χ2v) is 3.86. The minimum atomic E-state index is -0.760. The van der Waals surface area contributed by atoms with Gasteiger partial charge in [-0.25, -0.2) is 0 Å². The Hall–Kier alpha value is -0.610. The fraction of sp³-hybridized carbons (Fsp3) is 0.889. The largest absolute Gasteiger partial charge is 0.480 e. The number of nitrogens with zero attached hydrogens (tertiary/aromatic N) is 1. The molecule has 0 aromatic heterocycles. The topological polar surface area (TPSA) is 66.6 Å². The third-order valence-electron chi connectivity index (χ3n) is 2.58.